The summed E-state index contributed by atoms with van der Waals surface area (Å²) in [6, 6.07) is 8.11. The van der Waals surface area contributed by atoms with Gasteiger partial charge in [0.25, 0.3) is 0 Å². The van der Waals surface area contributed by atoms with Crippen molar-refractivity contribution in [2.24, 2.45) is 5.92 Å². The smallest absolute Gasteiger partial charge is 0.247 e. The second-order valence-corrected chi connectivity index (χ2v) is 5.93. The van der Waals surface area contributed by atoms with Crippen molar-refractivity contribution in [2.45, 2.75) is 19.8 Å². The zero-order valence-corrected chi connectivity index (χ0v) is 13.5. The maximum Gasteiger partial charge on any atom is 0.247 e. The molecule has 0 bridgehead atoms. The Labute approximate surface area is 135 Å². The normalized spacial score (nSPS) is 17.9. The fourth-order valence-electron chi connectivity index (χ4n) is 2.94. The van der Waals surface area contributed by atoms with E-state index in [2.05, 4.69) is 22.3 Å². The van der Waals surface area contributed by atoms with Crippen LogP contribution < -0.4 is 0 Å². The third kappa shape index (κ3) is 3.76. The molecular formula is C17H21N3O3. The first-order chi connectivity index (χ1) is 11.2. The topological polar surface area (TPSA) is 68.5 Å². The molecule has 1 aliphatic rings. The number of carbonyl (C=O) groups excluding carboxylic acids is 1. The molecule has 0 saturated carbocycles. The second kappa shape index (κ2) is 6.91. The lowest BCUT2D eigenvalue weighted by molar-refractivity contribution is -0.128. The molecule has 2 heterocycles. The second-order valence-electron chi connectivity index (χ2n) is 5.93. The minimum absolute atomic E-state index is 0.227. The lowest BCUT2D eigenvalue weighted by Crippen LogP contribution is -2.28. The Balaban J connectivity index is 1.59. The number of aryl methyl sites for hydroxylation is 1. The van der Waals surface area contributed by atoms with E-state index in [-0.39, 0.29) is 5.91 Å². The van der Waals surface area contributed by atoms with Gasteiger partial charge in [0.15, 0.2) is 0 Å². The standard InChI is InChI=1S/C17H21N3O3/c1-12-18-19-17(23-12)15-5-3-13(4-6-15)9-14-10-16(21)20(11-14)7-8-22-2/h3-6,14H,7-11H2,1-2H3/t14-/m0/s1. The molecule has 0 aliphatic carbocycles. The molecule has 1 amide bonds. The molecule has 1 atom stereocenters. The van der Waals surface area contributed by atoms with Crippen molar-refractivity contribution in [1.29, 1.82) is 0 Å². The van der Waals surface area contributed by atoms with Gasteiger partial charge in [-0.2, -0.15) is 0 Å². The van der Waals surface area contributed by atoms with Gasteiger partial charge in [-0.25, -0.2) is 0 Å². The number of likely N-dealkylation sites (tertiary alicyclic amines) is 1. The van der Waals surface area contributed by atoms with Gasteiger partial charge in [-0.1, -0.05) is 12.1 Å². The van der Waals surface area contributed by atoms with Gasteiger partial charge in [-0.3, -0.25) is 4.79 Å². The van der Waals surface area contributed by atoms with Gasteiger partial charge in [0.05, 0.1) is 6.61 Å². The molecule has 6 heteroatoms. The molecule has 122 valence electrons. The first-order valence-electron chi connectivity index (χ1n) is 7.82. The molecule has 0 unspecified atom stereocenters. The number of aromatic nitrogens is 2. The highest BCUT2D eigenvalue weighted by Crippen LogP contribution is 2.24. The number of benzene rings is 1. The Kier molecular flexibility index (Phi) is 4.71. The first kappa shape index (κ1) is 15.7. The van der Waals surface area contributed by atoms with Crippen molar-refractivity contribution >= 4 is 5.91 Å². The number of carbonyl (C=O) groups is 1. The minimum Gasteiger partial charge on any atom is -0.421 e. The van der Waals surface area contributed by atoms with Crippen LogP contribution in [0, 0.1) is 12.8 Å². The van der Waals surface area contributed by atoms with Crippen molar-refractivity contribution in [1.82, 2.24) is 15.1 Å². The molecule has 1 aromatic carbocycles. The minimum atomic E-state index is 0.227. The van der Waals surface area contributed by atoms with Crippen molar-refractivity contribution in [2.75, 3.05) is 26.8 Å². The third-order valence-corrected chi connectivity index (χ3v) is 4.11. The van der Waals surface area contributed by atoms with E-state index in [9.17, 15) is 4.79 Å². The fraction of sp³-hybridized carbons (Fsp3) is 0.471. The molecule has 23 heavy (non-hydrogen) atoms. The van der Waals surface area contributed by atoms with E-state index in [0.29, 0.717) is 37.3 Å². The van der Waals surface area contributed by atoms with Gasteiger partial charge in [0.2, 0.25) is 17.7 Å². The van der Waals surface area contributed by atoms with E-state index in [0.717, 1.165) is 18.5 Å². The van der Waals surface area contributed by atoms with Crippen LogP contribution in [0.4, 0.5) is 0 Å². The van der Waals surface area contributed by atoms with Crippen molar-refractivity contribution in [3.63, 3.8) is 0 Å². The summed E-state index contributed by atoms with van der Waals surface area (Å²) >= 11 is 0. The van der Waals surface area contributed by atoms with Gasteiger partial charge in [0.1, 0.15) is 0 Å². The van der Waals surface area contributed by atoms with Crippen molar-refractivity contribution in [3.8, 4) is 11.5 Å². The van der Waals surface area contributed by atoms with Gasteiger partial charge in [-0.15, -0.1) is 10.2 Å². The number of rotatable bonds is 6. The summed E-state index contributed by atoms with van der Waals surface area (Å²) in [4.78, 5) is 13.9. The molecule has 6 nitrogen and oxygen atoms in total. The highest BCUT2D eigenvalue weighted by molar-refractivity contribution is 5.78. The number of ether oxygens (including phenoxy) is 1. The van der Waals surface area contributed by atoms with Crippen LogP contribution in [0.3, 0.4) is 0 Å². The highest BCUT2D eigenvalue weighted by Gasteiger charge is 2.29. The van der Waals surface area contributed by atoms with E-state index in [1.54, 1.807) is 14.0 Å². The monoisotopic (exact) mass is 315 g/mol. The number of amides is 1. The van der Waals surface area contributed by atoms with E-state index in [4.69, 9.17) is 9.15 Å². The Morgan fingerprint density at radius 2 is 2.09 bits per heavy atom. The van der Waals surface area contributed by atoms with Crippen LogP contribution in [0.25, 0.3) is 11.5 Å². The van der Waals surface area contributed by atoms with E-state index < -0.39 is 0 Å². The number of hydrogen-bond acceptors (Lipinski definition) is 5. The highest BCUT2D eigenvalue weighted by atomic mass is 16.5. The summed E-state index contributed by atoms with van der Waals surface area (Å²) in [5.74, 6) is 1.70. The molecule has 1 fully saturated rings. The Morgan fingerprint density at radius 3 is 2.74 bits per heavy atom. The van der Waals surface area contributed by atoms with Crippen LogP contribution in [0.5, 0.6) is 0 Å². The van der Waals surface area contributed by atoms with Gasteiger partial charge >= 0.3 is 0 Å². The van der Waals surface area contributed by atoms with Crippen LogP contribution in [0.15, 0.2) is 28.7 Å². The Hall–Kier alpha value is -2.21. The largest absolute Gasteiger partial charge is 0.421 e. The van der Waals surface area contributed by atoms with Crippen LogP contribution in [-0.4, -0.2) is 47.8 Å². The summed E-state index contributed by atoms with van der Waals surface area (Å²) < 4.78 is 10.5. The lowest BCUT2D eigenvalue weighted by Gasteiger charge is -2.16. The zero-order valence-electron chi connectivity index (χ0n) is 13.5. The fourth-order valence-corrected chi connectivity index (χ4v) is 2.94. The molecule has 3 rings (SSSR count). The van der Waals surface area contributed by atoms with Crippen molar-refractivity contribution < 1.29 is 13.9 Å². The predicted octanol–water partition coefficient (Wildman–Crippen LogP) is 2.08. The molecule has 1 saturated heterocycles. The molecular weight excluding hydrogens is 294 g/mol. The number of hydrogen-bond donors (Lipinski definition) is 0. The summed E-state index contributed by atoms with van der Waals surface area (Å²) in [6.07, 6.45) is 1.52. The SMILES string of the molecule is COCCN1C[C@@H](Cc2ccc(-c3nnc(C)o3)cc2)CC1=O. The molecule has 1 aromatic heterocycles. The van der Waals surface area contributed by atoms with E-state index >= 15 is 0 Å². The van der Waals surface area contributed by atoms with Crippen molar-refractivity contribution in [3.05, 3.63) is 35.7 Å². The van der Waals surface area contributed by atoms with Gasteiger partial charge in [-0.05, 0) is 30.0 Å². The van der Waals surface area contributed by atoms with Crippen LogP contribution in [-0.2, 0) is 16.0 Å². The molecule has 1 aliphatic heterocycles. The third-order valence-electron chi connectivity index (χ3n) is 4.11. The Bertz CT molecular complexity index is 666. The lowest BCUT2D eigenvalue weighted by atomic mass is 9.98. The van der Waals surface area contributed by atoms with Gasteiger partial charge < -0.3 is 14.1 Å². The number of methoxy groups -OCH3 is 1. The average molecular weight is 315 g/mol. The summed E-state index contributed by atoms with van der Waals surface area (Å²) in [6.45, 7) is 3.86. The Morgan fingerprint density at radius 1 is 1.30 bits per heavy atom. The quantitative estimate of drug-likeness (QED) is 0.816. The summed E-state index contributed by atoms with van der Waals surface area (Å²) in [7, 11) is 1.66. The molecule has 2 aromatic rings. The van der Waals surface area contributed by atoms with Gasteiger partial charge in [0, 0.05) is 39.1 Å². The van der Waals surface area contributed by atoms with E-state index in [1.807, 2.05) is 17.0 Å². The summed E-state index contributed by atoms with van der Waals surface area (Å²) in [5.41, 5.74) is 2.13. The first-order valence-corrected chi connectivity index (χ1v) is 7.82. The zero-order chi connectivity index (χ0) is 16.2. The average Bonchev–Trinajstić information content (AvgIpc) is 3.12. The maximum atomic E-state index is 12.0. The maximum absolute atomic E-state index is 12.0. The molecule has 0 spiro atoms. The number of nitrogens with zero attached hydrogens (tertiary/aromatic N) is 3. The van der Waals surface area contributed by atoms with Crippen LogP contribution in [0.1, 0.15) is 17.9 Å². The van der Waals surface area contributed by atoms with Crippen LogP contribution in [0.2, 0.25) is 0 Å². The van der Waals surface area contributed by atoms with Crippen LogP contribution >= 0.6 is 0 Å². The summed E-state index contributed by atoms with van der Waals surface area (Å²) in [5, 5.41) is 7.86. The molecule has 0 N–H and O–H groups in total. The molecule has 0 radical (unpaired) electrons. The predicted molar refractivity (Wildman–Crippen MR) is 84.7 cm³/mol. The van der Waals surface area contributed by atoms with E-state index in [1.165, 1.54) is 5.56 Å².